The molecule has 0 unspecified atom stereocenters. The molecule has 2 aliphatic rings. The van der Waals surface area contributed by atoms with Crippen molar-refractivity contribution in [1.29, 1.82) is 0 Å². The monoisotopic (exact) mass is 542 g/mol. The molecule has 2 heteroatoms. The van der Waals surface area contributed by atoms with E-state index in [0.29, 0.717) is 0 Å². The molecule has 5 aromatic rings. The summed E-state index contributed by atoms with van der Waals surface area (Å²) in [4.78, 5) is 4.76. The van der Waals surface area contributed by atoms with E-state index < -0.39 is 0 Å². The number of para-hydroxylation sites is 1. The maximum atomic E-state index is 2.41. The lowest BCUT2D eigenvalue weighted by atomic mass is 10.0. The van der Waals surface area contributed by atoms with Crippen molar-refractivity contribution >= 4 is 28.4 Å². The Morgan fingerprint density at radius 2 is 1.00 bits per heavy atom. The molecular weight excluding hydrogens is 508 g/mol. The highest BCUT2D eigenvalue weighted by atomic mass is 15.2. The molecular formula is C40H34N2. The molecule has 0 atom stereocenters. The van der Waals surface area contributed by atoms with Gasteiger partial charge in [-0.05, 0) is 109 Å². The van der Waals surface area contributed by atoms with E-state index in [-0.39, 0.29) is 0 Å². The molecule has 0 N–H and O–H groups in total. The summed E-state index contributed by atoms with van der Waals surface area (Å²) in [6.45, 7) is 4.28. The molecule has 0 aromatic heterocycles. The Kier molecular flexibility index (Phi) is 6.81. The first kappa shape index (κ1) is 25.9. The summed E-state index contributed by atoms with van der Waals surface area (Å²) in [5.74, 6) is 0. The van der Waals surface area contributed by atoms with E-state index in [4.69, 9.17) is 0 Å². The van der Waals surface area contributed by atoms with Crippen LogP contribution in [0.2, 0.25) is 0 Å². The molecule has 0 saturated carbocycles. The van der Waals surface area contributed by atoms with Crippen LogP contribution in [0.4, 0.5) is 28.4 Å². The van der Waals surface area contributed by atoms with E-state index in [1.165, 1.54) is 56.1 Å². The lowest BCUT2D eigenvalue weighted by Crippen LogP contribution is -2.16. The highest BCUT2D eigenvalue weighted by molar-refractivity contribution is 5.85. The van der Waals surface area contributed by atoms with Crippen LogP contribution in [-0.4, -0.2) is 0 Å². The van der Waals surface area contributed by atoms with Gasteiger partial charge in [-0.15, -0.1) is 0 Å². The van der Waals surface area contributed by atoms with Crippen molar-refractivity contribution in [3.63, 3.8) is 0 Å². The predicted octanol–water partition coefficient (Wildman–Crippen LogP) is 10.9. The van der Waals surface area contributed by atoms with Gasteiger partial charge < -0.3 is 9.80 Å². The second kappa shape index (κ2) is 11.1. The first-order valence-electron chi connectivity index (χ1n) is 14.7. The fraction of sp³-hybridized carbons (Fsp3) is 0.100. The third-order valence-electron chi connectivity index (χ3n) is 8.22. The molecule has 0 radical (unpaired) electrons. The summed E-state index contributed by atoms with van der Waals surface area (Å²) >= 11 is 0. The molecule has 0 aliphatic heterocycles. The van der Waals surface area contributed by atoms with Crippen molar-refractivity contribution in [1.82, 2.24) is 0 Å². The number of hydrogen-bond acceptors (Lipinski definition) is 2. The van der Waals surface area contributed by atoms with Crippen LogP contribution in [0.15, 0.2) is 151 Å². The molecule has 0 amide bonds. The number of hydrogen-bond donors (Lipinski definition) is 0. The van der Waals surface area contributed by atoms with Gasteiger partial charge in [0.2, 0.25) is 0 Å². The molecule has 0 saturated heterocycles. The number of fused-ring (bicyclic) bond motifs is 3. The maximum absolute atomic E-state index is 2.41. The maximum Gasteiger partial charge on any atom is 0.0464 e. The van der Waals surface area contributed by atoms with Gasteiger partial charge in [0.1, 0.15) is 0 Å². The summed E-state index contributed by atoms with van der Waals surface area (Å²) in [6, 6.07) is 42.2. The Hall–Kier alpha value is -5.08. The SMILES string of the molecule is Cc1ccc(N(C2=CC=CC=CC2)c2ccc3c(c2)Cc2cc(N(c4ccccc4)c4ccc(C)cc4)ccc2-3)cc1. The van der Waals surface area contributed by atoms with E-state index in [0.717, 1.165) is 24.2 Å². The quantitative estimate of drug-likeness (QED) is 0.206. The Bertz CT molecular complexity index is 1820. The Morgan fingerprint density at radius 3 is 1.62 bits per heavy atom. The topological polar surface area (TPSA) is 6.48 Å². The molecule has 204 valence electrons. The zero-order chi connectivity index (χ0) is 28.5. The van der Waals surface area contributed by atoms with Gasteiger partial charge in [-0.3, -0.25) is 0 Å². The van der Waals surface area contributed by atoms with Gasteiger partial charge in [0, 0.05) is 40.6 Å². The predicted molar refractivity (Wildman–Crippen MR) is 178 cm³/mol. The van der Waals surface area contributed by atoms with Crippen LogP contribution in [0.3, 0.4) is 0 Å². The lowest BCUT2D eigenvalue weighted by molar-refractivity contribution is 1.08. The number of benzene rings is 5. The molecule has 0 heterocycles. The fourth-order valence-corrected chi connectivity index (χ4v) is 6.09. The second-order valence-corrected chi connectivity index (χ2v) is 11.2. The first-order chi connectivity index (χ1) is 20.6. The van der Waals surface area contributed by atoms with Gasteiger partial charge in [0.25, 0.3) is 0 Å². The molecule has 2 aliphatic carbocycles. The van der Waals surface area contributed by atoms with Gasteiger partial charge >= 0.3 is 0 Å². The minimum absolute atomic E-state index is 0.885. The van der Waals surface area contributed by atoms with Crippen LogP contribution in [0.1, 0.15) is 28.7 Å². The molecule has 0 fully saturated rings. The first-order valence-corrected chi connectivity index (χ1v) is 14.7. The van der Waals surface area contributed by atoms with Crippen LogP contribution in [-0.2, 0) is 6.42 Å². The Morgan fingerprint density at radius 1 is 0.476 bits per heavy atom. The minimum atomic E-state index is 0.885. The third kappa shape index (κ3) is 4.97. The van der Waals surface area contributed by atoms with Crippen LogP contribution < -0.4 is 9.80 Å². The number of rotatable bonds is 6. The lowest BCUT2D eigenvalue weighted by Gasteiger charge is -2.28. The molecule has 0 bridgehead atoms. The zero-order valence-corrected chi connectivity index (χ0v) is 24.2. The number of nitrogens with zero attached hydrogens (tertiary/aromatic N) is 2. The van der Waals surface area contributed by atoms with E-state index in [2.05, 4.69) is 169 Å². The van der Waals surface area contributed by atoms with Crippen LogP contribution in [0.25, 0.3) is 11.1 Å². The van der Waals surface area contributed by atoms with Crippen LogP contribution in [0, 0.1) is 13.8 Å². The van der Waals surface area contributed by atoms with Gasteiger partial charge in [-0.1, -0.05) is 90.0 Å². The molecule has 2 nitrogen and oxygen atoms in total. The van der Waals surface area contributed by atoms with Crippen LogP contribution >= 0.6 is 0 Å². The molecule has 5 aromatic carbocycles. The highest BCUT2D eigenvalue weighted by Gasteiger charge is 2.23. The molecule has 7 rings (SSSR count). The van der Waals surface area contributed by atoms with Crippen molar-refractivity contribution in [3.05, 3.63) is 174 Å². The van der Waals surface area contributed by atoms with Crippen LogP contribution in [0.5, 0.6) is 0 Å². The van der Waals surface area contributed by atoms with E-state index in [9.17, 15) is 0 Å². The van der Waals surface area contributed by atoms with Gasteiger partial charge in [-0.2, -0.15) is 0 Å². The Balaban J connectivity index is 1.26. The summed E-state index contributed by atoms with van der Waals surface area (Å²) in [7, 11) is 0. The van der Waals surface area contributed by atoms with Gasteiger partial charge in [0.05, 0.1) is 0 Å². The molecule has 0 spiro atoms. The number of aryl methyl sites for hydroxylation is 2. The summed E-state index contributed by atoms with van der Waals surface area (Å²) < 4.78 is 0. The molecule has 42 heavy (non-hydrogen) atoms. The summed E-state index contributed by atoms with van der Waals surface area (Å²) in [6.07, 6.45) is 12.6. The highest BCUT2D eigenvalue weighted by Crippen LogP contribution is 2.44. The average Bonchev–Trinajstić information content (AvgIpc) is 3.16. The van der Waals surface area contributed by atoms with Gasteiger partial charge in [-0.25, -0.2) is 0 Å². The second-order valence-electron chi connectivity index (χ2n) is 11.2. The Labute approximate surface area is 249 Å². The smallest absolute Gasteiger partial charge is 0.0464 e. The van der Waals surface area contributed by atoms with Crippen molar-refractivity contribution in [3.8, 4) is 11.1 Å². The number of allylic oxidation sites excluding steroid dienone is 5. The van der Waals surface area contributed by atoms with Gasteiger partial charge in [0.15, 0.2) is 0 Å². The third-order valence-corrected chi connectivity index (χ3v) is 8.22. The fourth-order valence-electron chi connectivity index (χ4n) is 6.09. The van der Waals surface area contributed by atoms with Crippen molar-refractivity contribution in [2.24, 2.45) is 0 Å². The number of anilines is 5. The minimum Gasteiger partial charge on any atom is -0.314 e. The summed E-state index contributed by atoms with van der Waals surface area (Å²) in [5, 5.41) is 0. The average molecular weight is 543 g/mol. The van der Waals surface area contributed by atoms with E-state index in [1.807, 2.05) is 0 Å². The van der Waals surface area contributed by atoms with E-state index in [1.54, 1.807) is 0 Å². The zero-order valence-electron chi connectivity index (χ0n) is 24.2. The standard InChI is InChI=1S/C40H34N2/c1-29-14-18-35(19-15-29)41(33-10-6-3-4-7-11-33)37-22-24-39-31(27-37)26-32-28-38(23-25-40(32)39)42(34-12-8-5-9-13-34)36-20-16-30(2)17-21-36/h3-10,12-25,27-28H,11,26H2,1-2H3. The van der Waals surface area contributed by atoms with Crippen molar-refractivity contribution < 1.29 is 0 Å². The van der Waals surface area contributed by atoms with Crippen molar-refractivity contribution in [2.45, 2.75) is 26.7 Å². The van der Waals surface area contributed by atoms with Crippen molar-refractivity contribution in [2.75, 3.05) is 9.80 Å². The largest absolute Gasteiger partial charge is 0.314 e. The normalized spacial score (nSPS) is 13.2. The summed E-state index contributed by atoms with van der Waals surface area (Å²) in [5.41, 5.74) is 15.1. The van der Waals surface area contributed by atoms with E-state index >= 15 is 0 Å².